The molecule has 1 rings (SSSR count). The van der Waals surface area contributed by atoms with Gasteiger partial charge in [0.1, 0.15) is 0 Å². The van der Waals surface area contributed by atoms with E-state index in [-0.39, 0.29) is 0 Å². The van der Waals surface area contributed by atoms with Crippen molar-refractivity contribution in [1.82, 2.24) is 0 Å². The van der Waals surface area contributed by atoms with Gasteiger partial charge in [0.05, 0.1) is 0 Å². The van der Waals surface area contributed by atoms with Crippen LogP contribution in [0.1, 0.15) is 19.3 Å². The second-order valence-electron chi connectivity index (χ2n) is 2.50. The normalized spacial score (nSPS) is 12.8. The zero-order valence-electron chi connectivity index (χ0n) is 10.7. The van der Waals surface area contributed by atoms with Gasteiger partial charge in [-0.05, 0) is 0 Å². The summed E-state index contributed by atoms with van der Waals surface area (Å²) in [4.78, 5) is 0. The van der Waals surface area contributed by atoms with Crippen LogP contribution in [0.5, 0.6) is 0 Å². The Morgan fingerprint density at radius 1 is 0.950 bits per heavy atom. The van der Waals surface area contributed by atoms with Gasteiger partial charge in [-0.25, -0.2) is 0 Å². The van der Waals surface area contributed by atoms with Crippen molar-refractivity contribution < 1.29 is 43.8 Å². The molecule has 0 aromatic heterocycles. The van der Waals surface area contributed by atoms with E-state index in [1.165, 1.54) is 12.8 Å². The Hall–Kier alpha value is -1.20. The average molecular weight is 316 g/mol. The topological polar surface area (TPSA) is 109 Å². The van der Waals surface area contributed by atoms with E-state index in [1.807, 2.05) is 0 Å². The van der Waals surface area contributed by atoms with Gasteiger partial charge in [0.2, 0.25) is 0 Å². The van der Waals surface area contributed by atoms with E-state index < -0.39 is 0 Å². The minimum atomic E-state index is 0.620. The Bertz CT molecular complexity index is 289. The molecule has 1 atom stereocenters. The van der Waals surface area contributed by atoms with E-state index in [0.29, 0.717) is 5.92 Å². The molecule has 0 aromatic carbocycles. The Labute approximate surface area is 126 Å². The van der Waals surface area contributed by atoms with Crippen LogP contribution in [-0.4, -0.2) is 11.7 Å². The molecule has 0 N–H and O–H groups in total. The minimum absolute atomic E-state index is 0.620. The SMILES string of the molecule is CO[C](=[Cr])C1CC=CCC1.[C-]#[O+].[C-]#[O+].[C-]#[O+].[C-]#[O+].[C-]#[O+]. The molecule has 0 saturated carbocycles. The fraction of sp³-hybridized carbons (Fsp3) is 0.385. The van der Waals surface area contributed by atoms with Crippen molar-refractivity contribution in [3.05, 3.63) is 45.4 Å². The molecule has 0 spiro atoms. The molecule has 0 heterocycles. The summed E-state index contributed by atoms with van der Waals surface area (Å²) < 4.78 is 43.7. The van der Waals surface area contributed by atoms with Crippen molar-refractivity contribution in [1.29, 1.82) is 0 Å². The summed E-state index contributed by atoms with van der Waals surface area (Å²) >= 11 is 2.96. The maximum atomic E-state index is 7.50. The third kappa shape index (κ3) is 25.6. The average Bonchev–Trinajstić information content (AvgIpc) is 2.63. The fourth-order valence-corrected chi connectivity index (χ4v) is 1.51. The van der Waals surface area contributed by atoms with Crippen molar-refractivity contribution >= 4 is 4.57 Å². The summed E-state index contributed by atoms with van der Waals surface area (Å²) in [6, 6.07) is 0. The Kier molecular flexibility index (Phi) is 67.4. The molecule has 0 aromatic rings. The van der Waals surface area contributed by atoms with Gasteiger partial charge < -0.3 is 0 Å². The molecule has 1 aliphatic carbocycles. The van der Waals surface area contributed by atoms with Crippen LogP contribution in [0.2, 0.25) is 0 Å². The standard InChI is InChI=1S/C8H12O.5CO.Cr/c1-9-7-8-5-3-2-4-6-8;5*1-2;/h2-3,8H,4-6H2,1H3;;;;;;. The first kappa shape index (κ1) is 31.3. The molecule has 0 fully saturated rings. The number of hydrogen-bond acceptors (Lipinski definition) is 1. The monoisotopic (exact) mass is 316 g/mol. The van der Waals surface area contributed by atoms with Crippen LogP contribution >= 0.6 is 0 Å². The molecule has 106 valence electrons. The third-order valence-corrected chi connectivity index (χ3v) is 2.58. The zero-order valence-corrected chi connectivity index (χ0v) is 12.0. The predicted molar refractivity (Wildman–Crippen MR) is 58.1 cm³/mol. The van der Waals surface area contributed by atoms with Crippen molar-refractivity contribution in [2.75, 3.05) is 7.11 Å². The van der Waals surface area contributed by atoms with E-state index in [0.717, 1.165) is 11.0 Å². The first-order chi connectivity index (χ1) is 9.84. The summed E-state index contributed by atoms with van der Waals surface area (Å²) in [5.74, 6) is 0.620. The number of ether oxygens (including phenoxy) is 1. The van der Waals surface area contributed by atoms with Crippen LogP contribution in [0, 0.1) is 39.2 Å². The Morgan fingerprint density at radius 3 is 1.60 bits per heavy atom. The van der Waals surface area contributed by atoms with Crippen molar-refractivity contribution in [2.45, 2.75) is 19.3 Å². The summed E-state index contributed by atoms with van der Waals surface area (Å²) in [7, 11) is 1.73. The molecule has 20 heavy (non-hydrogen) atoms. The van der Waals surface area contributed by atoms with Crippen LogP contribution in [-0.2, 0) is 43.8 Å². The number of allylic oxidation sites excluding steroid dienone is 2. The van der Waals surface area contributed by atoms with Gasteiger partial charge in [-0.2, -0.15) is 0 Å². The first-order valence-electron chi connectivity index (χ1n) is 4.59. The molecule has 0 amide bonds. The number of rotatable bonds is 2. The van der Waals surface area contributed by atoms with Crippen LogP contribution in [0.4, 0.5) is 0 Å². The van der Waals surface area contributed by atoms with Gasteiger partial charge in [0.15, 0.2) is 0 Å². The summed E-state index contributed by atoms with van der Waals surface area (Å²) in [5.41, 5.74) is 0. The summed E-state index contributed by atoms with van der Waals surface area (Å²) in [5, 5.41) is 0. The van der Waals surface area contributed by atoms with Gasteiger partial charge in [-0.1, -0.05) is 0 Å². The van der Waals surface area contributed by atoms with Gasteiger partial charge in [0, 0.05) is 0 Å². The molecular formula is C13H12CrO6. The summed E-state index contributed by atoms with van der Waals surface area (Å²) in [6.45, 7) is 22.5. The molecule has 1 unspecified atom stereocenters. The quantitative estimate of drug-likeness (QED) is 0.429. The van der Waals surface area contributed by atoms with Crippen molar-refractivity contribution in [2.24, 2.45) is 5.92 Å². The number of methoxy groups -OCH3 is 1. The van der Waals surface area contributed by atoms with E-state index in [2.05, 4.69) is 61.3 Å². The third-order valence-electron chi connectivity index (χ3n) is 1.80. The molecule has 6 nitrogen and oxygen atoms in total. The molecule has 0 aliphatic heterocycles. The first-order valence-corrected chi connectivity index (χ1v) is 5.23. The Balaban J connectivity index is -0.0000000639. The van der Waals surface area contributed by atoms with E-state index in [1.54, 1.807) is 7.11 Å². The molecule has 1 aliphatic rings. The van der Waals surface area contributed by atoms with E-state index in [9.17, 15) is 0 Å². The van der Waals surface area contributed by atoms with Crippen molar-refractivity contribution in [3.63, 3.8) is 0 Å². The molecule has 0 saturated heterocycles. The van der Waals surface area contributed by atoms with Gasteiger partial charge in [-0.15, -0.1) is 0 Å². The second-order valence-corrected chi connectivity index (χ2v) is 3.13. The molecule has 7 heteroatoms. The molecule has 0 radical (unpaired) electrons. The summed E-state index contributed by atoms with van der Waals surface area (Å²) in [6.07, 6.45) is 8.02. The molecular weight excluding hydrogens is 304 g/mol. The van der Waals surface area contributed by atoms with Gasteiger partial charge in [-0.3, -0.25) is 0 Å². The van der Waals surface area contributed by atoms with E-state index >= 15 is 0 Å². The maximum absolute atomic E-state index is 7.50. The van der Waals surface area contributed by atoms with Crippen LogP contribution in [0.3, 0.4) is 0 Å². The van der Waals surface area contributed by atoms with Gasteiger partial charge in [0.25, 0.3) is 0 Å². The fourth-order valence-electron chi connectivity index (χ4n) is 1.17. The number of hydrogen-bond donors (Lipinski definition) is 0. The predicted octanol–water partition coefficient (Wildman–Crippen LogP) is 1.48. The van der Waals surface area contributed by atoms with Crippen LogP contribution < -0.4 is 0 Å². The second kappa shape index (κ2) is 43.1. The van der Waals surface area contributed by atoms with Crippen LogP contribution in [0.25, 0.3) is 0 Å². The van der Waals surface area contributed by atoms with E-state index in [4.69, 9.17) is 28.0 Å². The Morgan fingerprint density at radius 2 is 1.35 bits per heavy atom. The molecule has 0 bridgehead atoms. The van der Waals surface area contributed by atoms with Crippen molar-refractivity contribution in [3.8, 4) is 0 Å². The van der Waals surface area contributed by atoms with Crippen LogP contribution in [0.15, 0.2) is 12.2 Å². The van der Waals surface area contributed by atoms with Gasteiger partial charge >= 0.3 is 126 Å². The zero-order chi connectivity index (χ0) is 17.4.